The minimum Gasteiger partial charge on any atom is -0.388 e. The summed E-state index contributed by atoms with van der Waals surface area (Å²) >= 11 is 0. The lowest BCUT2D eigenvalue weighted by Gasteiger charge is -2.63. The van der Waals surface area contributed by atoms with Gasteiger partial charge in [-0.05, 0) is 49.9 Å². The molecule has 8 saturated heterocycles. The fourth-order valence-corrected chi connectivity index (χ4v) is 9.78. The molecular formula is C31H43FN4O5. The maximum absolute atomic E-state index is 13.0. The van der Waals surface area contributed by atoms with Crippen molar-refractivity contribution in [2.45, 2.75) is 101 Å². The Kier molecular flexibility index (Phi) is 5.68. The first-order valence-electron chi connectivity index (χ1n) is 15.1. The fourth-order valence-electron chi connectivity index (χ4n) is 9.78. The molecule has 4 bridgehead atoms. The molecule has 0 aromatic carbocycles. The SMILES string of the molecule is CC1(C)C(O)C=C[C@]23NC(=O)C4(CCCN4C2=O)CC13.CC1C=C[C@]23NC(=O)C4(CCCN4C2=O)CC3C1(C)C.F. The molecule has 224 valence electrons. The van der Waals surface area contributed by atoms with Crippen molar-refractivity contribution in [3.63, 3.8) is 0 Å². The summed E-state index contributed by atoms with van der Waals surface area (Å²) in [6, 6.07) is 0. The molecule has 8 atom stereocenters. The molecule has 8 aliphatic heterocycles. The van der Waals surface area contributed by atoms with Gasteiger partial charge in [-0.1, -0.05) is 58.9 Å². The predicted molar refractivity (Wildman–Crippen MR) is 149 cm³/mol. The fraction of sp³-hybridized carbons (Fsp3) is 0.742. The molecule has 2 aliphatic carbocycles. The summed E-state index contributed by atoms with van der Waals surface area (Å²) in [5.74, 6) is 0.783. The molecule has 4 amide bonds. The van der Waals surface area contributed by atoms with Crippen molar-refractivity contribution in [3.8, 4) is 0 Å². The van der Waals surface area contributed by atoms with E-state index < -0.39 is 33.7 Å². The Balaban J connectivity index is 0.000000144. The van der Waals surface area contributed by atoms with E-state index in [9.17, 15) is 24.3 Å². The average molecular weight is 571 g/mol. The highest BCUT2D eigenvalue weighted by Crippen LogP contribution is 2.59. The van der Waals surface area contributed by atoms with Crippen LogP contribution >= 0.6 is 0 Å². The van der Waals surface area contributed by atoms with E-state index in [1.165, 1.54) is 0 Å². The molecular weight excluding hydrogens is 527 g/mol. The van der Waals surface area contributed by atoms with Gasteiger partial charge in [0.2, 0.25) is 11.8 Å². The number of allylic oxidation sites excluding steroid dienone is 1. The summed E-state index contributed by atoms with van der Waals surface area (Å²) in [7, 11) is 0. The van der Waals surface area contributed by atoms with E-state index in [-0.39, 0.29) is 45.6 Å². The maximum atomic E-state index is 13.0. The third-order valence-electron chi connectivity index (χ3n) is 12.8. The molecule has 41 heavy (non-hydrogen) atoms. The summed E-state index contributed by atoms with van der Waals surface area (Å²) in [6.45, 7) is 12.1. The Morgan fingerprint density at radius 2 is 1.20 bits per heavy atom. The van der Waals surface area contributed by atoms with Gasteiger partial charge in [-0.3, -0.25) is 23.9 Å². The number of carbonyl (C=O) groups is 4. The van der Waals surface area contributed by atoms with E-state index in [4.69, 9.17) is 0 Å². The Morgan fingerprint density at radius 3 is 1.68 bits per heavy atom. The number of aliphatic hydroxyl groups excluding tert-OH is 1. The molecule has 0 radical (unpaired) electrons. The molecule has 10 heteroatoms. The second-order valence-electron chi connectivity index (χ2n) is 14.9. The lowest BCUT2D eigenvalue weighted by atomic mass is 9.51. The number of halogens is 1. The van der Waals surface area contributed by atoms with Crippen LogP contribution in [0.25, 0.3) is 0 Å². The van der Waals surface area contributed by atoms with Gasteiger partial charge in [0.1, 0.15) is 22.2 Å². The van der Waals surface area contributed by atoms with Crippen LogP contribution < -0.4 is 10.6 Å². The van der Waals surface area contributed by atoms with Crippen LogP contribution in [0.5, 0.6) is 0 Å². The summed E-state index contributed by atoms with van der Waals surface area (Å²) in [5.41, 5.74) is -3.32. The standard InChI is InChI=1S/C16H22N2O2.C15H20N2O3.FH/c1-10-5-7-16-11(14(10,2)3)9-15(12(19)17-16)6-4-8-18(15)13(16)20;1-13(2)9-8-14-5-3-7-17(14)12(20)15(9,16-11(14)19)6-4-10(13)18;/h5,7,10-11H,4,6,8-9H2,1-3H3,(H,17,19);4,6,9-10,18H,3,5,7-8H2,1-2H3,(H,16,19);1H/t10?,11?,15?,16-;9?,10?,14?,15-;/m11./s1. The minimum absolute atomic E-state index is 0. The van der Waals surface area contributed by atoms with Crippen LogP contribution in [0.3, 0.4) is 0 Å². The molecule has 10 aliphatic rings. The van der Waals surface area contributed by atoms with E-state index in [1.807, 2.05) is 24.8 Å². The zero-order valence-electron chi connectivity index (χ0n) is 24.7. The van der Waals surface area contributed by atoms with Crippen molar-refractivity contribution >= 4 is 23.6 Å². The van der Waals surface area contributed by atoms with Gasteiger partial charge in [-0.15, -0.1) is 0 Å². The second kappa shape index (κ2) is 8.20. The number of nitrogens with zero attached hydrogens (tertiary/aromatic N) is 2. The van der Waals surface area contributed by atoms with Crippen molar-refractivity contribution in [3.05, 3.63) is 24.3 Å². The molecule has 3 N–H and O–H groups in total. The Labute approximate surface area is 240 Å². The lowest BCUT2D eigenvalue weighted by Crippen LogP contribution is -2.83. The molecule has 4 spiro atoms. The summed E-state index contributed by atoms with van der Waals surface area (Å²) in [6.07, 6.45) is 11.8. The van der Waals surface area contributed by atoms with Crippen LogP contribution in [0.2, 0.25) is 0 Å². The molecule has 6 unspecified atom stereocenters. The number of nitrogens with one attached hydrogen (secondary N) is 2. The Morgan fingerprint density at radius 1 is 0.756 bits per heavy atom. The van der Waals surface area contributed by atoms with Crippen molar-refractivity contribution in [2.75, 3.05) is 13.1 Å². The molecule has 8 heterocycles. The lowest BCUT2D eigenvalue weighted by molar-refractivity contribution is -0.180. The molecule has 0 aromatic heterocycles. The highest BCUT2D eigenvalue weighted by molar-refractivity contribution is 6.07. The molecule has 10 rings (SSSR count). The number of carbonyl (C=O) groups excluding carboxylic acids is 4. The number of rotatable bonds is 0. The topological polar surface area (TPSA) is 119 Å². The monoisotopic (exact) mass is 570 g/mol. The van der Waals surface area contributed by atoms with Crippen LogP contribution in [0.15, 0.2) is 24.3 Å². The van der Waals surface area contributed by atoms with Crippen molar-refractivity contribution in [2.24, 2.45) is 28.6 Å². The highest BCUT2D eigenvalue weighted by Gasteiger charge is 2.73. The van der Waals surface area contributed by atoms with Gasteiger partial charge < -0.3 is 25.5 Å². The molecule has 0 aromatic rings. The van der Waals surface area contributed by atoms with Crippen LogP contribution in [0, 0.1) is 28.6 Å². The smallest absolute Gasteiger partial charge is 0.253 e. The number of piperazine rings is 2. The van der Waals surface area contributed by atoms with Crippen LogP contribution in [0.4, 0.5) is 4.70 Å². The Hall–Kier alpha value is -2.75. The molecule has 9 nitrogen and oxygen atoms in total. The zero-order valence-corrected chi connectivity index (χ0v) is 24.7. The quantitative estimate of drug-likeness (QED) is 0.384. The largest absolute Gasteiger partial charge is 0.388 e. The number of fused-ring (bicyclic) bond motifs is 2. The summed E-state index contributed by atoms with van der Waals surface area (Å²) in [4.78, 5) is 54.8. The average Bonchev–Trinajstić information content (AvgIpc) is 3.54. The van der Waals surface area contributed by atoms with Gasteiger partial charge in [-0.25, -0.2) is 0 Å². The van der Waals surface area contributed by atoms with Gasteiger partial charge in [0.25, 0.3) is 11.8 Å². The van der Waals surface area contributed by atoms with E-state index in [1.54, 1.807) is 17.1 Å². The van der Waals surface area contributed by atoms with E-state index in [2.05, 4.69) is 37.5 Å². The zero-order chi connectivity index (χ0) is 28.7. The number of amides is 4. The van der Waals surface area contributed by atoms with E-state index in [0.29, 0.717) is 18.9 Å². The molecule has 8 fully saturated rings. The van der Waals surface area contributed by atoms with Crippen LogP contribution in [-0.4, -0.2) is 79.9 Å². The number of aliphatic hydroxyl groups is 1. The highest BCUT2D eigenvalue weighted by atomic mass is 19.0. The number of hydrogen-bond donors (Lipinski definition) is 3. The van der Waals surface area contributed by atoms with Gasteiger partial charge >= 0.3 is 0 Å². The third-order valence-corrected chi connectivity index (χ3v) is 12.8. The van der Waals surface area contributed by atoms with Crippen molar-refractivity contribution in [1.82, 2.24) is 20.4 Å². The normalized spacial score (nSPS) is 46.9. The summed E-state index contributed by atoms with van der Waals surface area (Å²) in [5, 5.41) is 16.4. The number of hydrogen-bond acceptors (Lipinski definition) is 5. The van der Waals surface area contributed by atoms with Crippen LogP contribution in [0.1, 0.15) is 73.1 Å². The van der Waals surface area contributed by atoms with Gasteiger partial charge in [0.15, 0.2) is 0 Å². The van der Waals surface area contributed by atoms with Crippen molar-refractivity contribution < 1.29 is 29.0 Å². The molecule has 0 saturated carbocycles. The predicted octanol–water partition coefficient (Wildman–Crippen LogP) is 1.81. The van der Waals surface area contributed by atoms with Crippen molar-refractivity contribution in [1.29, 1.82) is 0 Å². The first-order valence-corrected chi connectivity index (χ1v) is 15.1. The second-order valence-corrected chi connectivity index (χ2v) is 14.9. The van der Waals surface area contributed by atoms with E-state index in [0.717, 1.165) is 38.6 Å². The van der Waals surface area contributed by atoms with Gasteiger partial charge in [-0.2, -0.15) is 0 Å². The summed E-state index contributed by atoms with van der Waals surface area (Å²) < 4.78 is 0. The Bertz CT molecular complexity index is 1210. The van der Waals surface area contributed by atoms with Gasteiger partial charge in [0.05, 0.1) is 6.10 Å². The van der Waals surface area contributed by atoms with E-state index >= 15 is 0 Å². The van der Waals surface area contributed by atoms with Gasteiger partial charge in [0, 0.05) is 30.3 Å². The minimum atomic E-state index is -0.939. The first-order chi connectivity index (χ1) is 18.7. The third kappa shape index (κ3) is 3.05. The number of piperidine rings is 4. The van der Waals surface area contributed by atoms with Crippen LogP contribution in [-0.2, 0) is 19.2 Å². The first kappa shape index (κ1) is 28.4. The maximum Gasteiger partial charge on any atom is 0.253 e.